The van der Waals surface area contributed by atoms with Crippen LogP contribution in [0.2, 0.25) is 0 Å². The minimum Gasteiger partial charge on any atom is -0.354 e. The Kier molecular flexibility index (Phi) is 3.27. The van der Waals surface area contributed by atoms with E-state index in [1.165, 1.54) is 6.92 Å². The fourth-order valence-electron chi connectivity index (χ4n) is 2.18. The van der Waals surface area contributed by atoms with E-state index in [1.54, 1.807) is 6.92 Å². The summed E-state index contributed by atoms with van der Waals surface area (Å²) in [5.41, 5.74) is 2.46. The molecular weight excluding hydrogens is 266 g/mol. The molecule has 0 bridgehead atoms. The number of nitrogens with one attached hydrogen (secondary N) is 3. The first-order chi connectivity index (χ1) is 10.1. The predicted molar refractivity (Wildman–Crippen MR) is 82.7 cm³/mol. The number of hydrogen-bond donors (Lipinski definition) is 3. The minimum atomic E-state index is -0.165. The number of carbonyl (C=O) groups excluding carboxylic acids is 1. The number of amides is 1. The SMILES string of the molecule is CC(=O)Nc1nc(C)nc2[nH]cc(Nc3ccccc3)c12. The summed E-state index contributed by atoms with van der Waals surface area (Å²) in [4.78, 5) is 23.1. The Labute approximate surface area is 121 Å². The van der Waals surface area contributed by atoms with E-state index >= 15 is 0 Å². The molecule has 0 saturated carbocycles. The number of para-hydroxylation sites is 1. The highest BCUT2D eigenvalue weighted by molar-refractivity contribution is 6.04. The third-order valence-electron chi connectivity index (χ3n) is 2.99. The highest BCUT2D eigenvalue weighted by Gasteiger charge is 2.13. The van der Waals surface area contributed by atoms with Gasteiger partial charge in [-0.3, -0.25) is 4.79 Å². The smallest absolute Gasteiger partial charge is 0.222 e. The molecule has 3 rings (SSSR count). The average molecular weight is 281 g/mol. The number of carbonyl (C=O) groups is 1. The number of fused-ring (bicyclic) bond motifs is 1. The Morgan fingerprint density at radius 1 is 1.19 bits per heavy atom. The molecule has 0 radical (unpaired) electrons. The van der Waals surface area contributed by atoms with E-state index in [-0.39, 0.29) is 5.91 Å². The number of aromatic nitrogens is 3. The Morgan fingerprint density at radius 3 is 2.67 bits per heavy atom. The van der Waals surface area contributed by atoms with Crippen molar-refractivity contribution in [3.05, 3.63) is 42.4 Å². The van der Waals surface area contributed by atoms with Gasteiger partial charge in [-0.1, -0.05) is 18.2 Å². The molecule has 1 amide bonds. The van der Waals surface area contributed by atoms with Gasteiger partial charge in [-0.05, 0) is 19.1 Å². The van der Waals surface area contributed by atoms with Crippen LogP contribution in [-0.2, 0) is 4.79 Å². The molecule has 1 aromatic carbocycles. The summed E-state index contributed by atoms with van der Waals surface area (Å²) in [6.07, 6.45) is 1.82. The molecule has 0 aliphatic heterocycles. The van der Waals surface area contributed by atoms with Crippen LogP contribution in [0.5, 0.6) is 0 Å². The molecule has 106 valence electrons. The second-order valence-corrected chi connectivity index (χ2v) is 4.72. The summed E-state index contributed by atoms with van der Waals surface area (Å²) in [6.45, 7) is 3.25. The second kappa shape index (κ2) is 5.24. The predicted octanol–water partition coefficient (Wildman–Crippen LogP) is 2.97. The quantitative estimate of drug-likeness (QED) is 0.689. The molecule has 6 nitrogen and oxygen atoms in total. The van der Waals surface area contributed by atoms with Crippen LogP contribution in [0.4, 0.5) is 17.2 Å². The van der Waals surface area contributed by atoms with E-state index in [4.69, 9.17) is 0 Å². The summed E-state index contributed by atoms with van der Waals surface area (Å²) in [5, 5.41) is 6.81. The lowest BCUT2D eigenvalue weighted by atomic mass is 10.2. The number of anilines is 3. The number of aromatic amines is 1. The first-order valence-electron chi connectivity index (χ1n) is 6.59. The highest BCUT2D eigenvalue weighted by Crippen LogP contribution is 2.30. The van der Waals surface area contributed by atoms with Crippen LogP contribution in [-0.4, -0.2) is 20.9 Å². The second-order valence-electron chi connectivity index (χ2n) is 4.72. The van der Waals surface area contributed by atoms with Crippen molar-refractivity contribution in [1.29, 1.82) is 0 Å². The zero-order chi connectivity index (χ0) is 14.8. The fourth-order valence-corrected chi connectivity index (χ4v) is 2.18. The number of benzene rings is 1. The maximum atomic E-state index is 11.4. The van der Waals surface area contributed by atoms with Gasteiger partial charge in [-0.15, -0.1) is 0 Å². The van der Waals surface area contributed by atoms with Crippen molar-refractivity contribution in [1.82, 2.24) is 15.0 Å². The lowest BCUT2D eigenvalue weighted by Crippen LogP contribution is -2.09. The third kappa shape index (κ3) is 2.69. The van der Waals surface area contributed by atoms with Crippen LogP contribution in [0, 0.1) is 6.92 Å². The van der Waals surface area contributed by atoms with Gasteiger partial charge in [0.05, 0.1) is 11.1 Å². The van der Waals surface area contributed by atoms with E-state index in [0.717, 1.165) is 16.8 Å². The monoisotopic (exact) mass is 281 g/mol. The van der Waals surface area contributed by atoms with Crippen LogP contribution in [0.1, 0.15) is 12.7 Å². The topological polar surface area (TPSA) is 82.7 Å². The van der Waals surface area contributed by atoms with Gasteiger partial charge in [0.15, 0.2) is 0 Å². The molecule has 6 heteroatoms. The van der Waals surface area contributed by atoms with Gasteiger partial charge in [-0.2, -0.15) is 0 Å². The number of aryl methyl sites for hydroxylation is 1. The van der Waals surface area contributed by atoms with E-state index in [1.807, 2.05) is 36.5 Å². The lowest BCUT2D eigenvalue weighted by Gasteiger charge is -2.08. The maximum absolute atomic E-state index is 11.4. The van der Waals surface area contributed by atoms with E-state index in [9.17, 15) is 4.79 Å². The van der Waals surface area contributed by atoms with Crippen LogP contribution in [0.3, 0.4) is 0 Å². The van der Waals surface area contributed by atoms with Crippen molar-refractivity contribution >= 4 is 34.1 Å². The average Bonchev–Trinajstić information content (AvgIpc) is 2.82. The fraction of sp³-hybridized carbons (Fsp3) is 0.133. The van der Waals surface area contributed by atoms with Crippen LogP contribution in [0.25, 0.3) is 11.0 Å². The molecular formula is C15H15N5O. The molecule has 2 heterocycles. The largest absolute Gasteiger partial charge is 0.354 e. The molecule has 3 aromatic rings. The van der Waals surface area contributed by atoms with Crippen molar-refractivity contribution < 1.29 is 4.79 Å². The molecule has 0 aliphatic rings. The Hall–Kier alpha value is -2.89. The number of H-pyrrole nitrogens is 1. The zero-order valence-corrected chi connectivity index (χ0v) is 11.8. The summed E-state index contributed by atoms with van der Waals surface area (Å²) in [5.74, 6) is 0.935. The van der Waals surface area contributed by atoms with Crippen molar-refractivity contribution in [3.8, 4) is 0 Å². The van der Waals surface area contributed by atoms with Crippen molar-refractivity contribution in [2.45, 2.75) is 13.8 Å². The highest BCUT2D eigenvalue weighted by atomic mass is 16.1. The molecule has 0 fully saturated rings. The summed E-state index contributed by atoms with van der Waals surface area (Å²) >= 11 is 0. The Balaban J connectivity index is 2.09. The van der Waals surface area contributed by atoms with Gasteiger partial charge in [0, 0.05) is 18.8 Å². The van der Waals surface area contributed by atoms with Crippen LogP contribution >= 0.6 is 0 Å². The standard InChI is InChI=1S/C15H15N5O/c1-9-17-14-13(15(18-9)19-10(2)21)12(8-16-14)20-11-6-4-3-5-7-11/h3-8,20H,1-2H3,(H2,16,17,18,19,21). The summed E-state index contributed by atoms with van der Waals surface area (Å²) < 4.78 is 0. The van der Waals surface area contributed by atoms with Gasteiger partial charge >= 0.3 is 0 Å². The minimum absolute atomic E-state index is 0.165. The molecule has 0 aliphatic carbocycles. The van der Waals surface area contributed by atoms with Gasteiger partial charge in [0.1, 0.15) is 17.3 Å². The summed E-state index contributed by atoms with van der Waals surface area (Å²) in [7, 11) is 0. The van der Waals surface area contributed by atoms with Gasteiger partial charge in [0.2, 0.25) is 5.91 Å². The first-order valence-corrected chi connectivity index (χ1v) is 6.59. The molecule has 0 unspecified atom stereocenters. The van der Waals surface area contributed by atoms with Crippen molar-refractivity contribution in [3.63, 3.8) is 0 Å². The van der Waals surface area contributed by atoms with Gasteiger partial charge in [-0.25, -0.2) is 9.97 Å². The zero-order valence-electron chi connectivity index (χ0n) is 11.8. The number of hydrogen-bond acceptors (Lipinski definition) is 4. The van der Waals surface area contributed by atoms with Gasteiger partial charge in [0.25, 0.3) is 0 Å². The third-order valence-corrected chi connectivity index (χ3v) is 2.99. The molecule has 3 N–H and O–H groups in total. The van der Waals surface area contributed by atoms with Crippen molar-refractivity contribution in [2.24, 2.45) is 0 Å². The molecule has 2 aromatic heterocycles. The van der Waals surface area contributed by atoms with Crippen LogP contribution < -0.4 is 10.6 Å². The number of nitrogens with zero attached hydrogens (tertiary/aromatic N) is 2. The Morgan fingerprint density at radius 2 is 1.95 bits per heavy atom. The van der Waals surface area contributed by atoms with E-state index in [2.05, 4.69) is 25.6 Å². The molecule has 21 heavy (non-hydrogen) atoms. The molecule has 0 atom stereocenters. The Bertz CT molecular complexity index is 794. The maximum Gasteiger partial charge on any atom is 0.222 e. The number of rotatable bonds is 3. The summed E-state index contributed by atoms with van der Waals surface area (Å²) in [6, 6.07) is 9.78. The molecule has 0 spiro atoms. The molecule has 0 saturated heterocycles. The first kappa shape index (κ1) is 13.1. The van der Waals surface area contributed by atoms with Crippen molar-refractivity contribution in [2.75, 3.05) is 10.6 Å². The van der Waals surface area contributed by atoms with Gasteiger partial charge < -0.3 is 15.6 Å². The van der Waals surface area contributed by atoms with E-state index in [0.29, 0.717) is 17.3 Å². The van der Waals surface area contributed by atoms with Crippen LogP contribution in [0.15, 0.2) is 36.5 Å². The normalized spacial score (nSPS) is 10.6. The lowest BCUT2D eigenvalue weighted by molar-refractivity contribution is -0.114. The van der Waals surface area contributed by atoms with E-state index < -0.39 is 0 Å².